The van der Waals surface area contributed by atoms with Crippen LogP contribution in [0.25, 0.3) is 28.5 Å². The average molecular weight is 507 g/mol. The van der Waals surface area contributed by atoms with E-state index in [9.17, 15) is 26.0 Å². The van der Waals surface area contributed by atoms with Crippen LogP contribution in [0.3, 0.4) is 0 Å². The zero-order valence-electron chi connectivity index (χ0n) is 18.0. The number of aromatic nitrogens is 5. The molecule has 0 aliphatic rings. The Hall–Kier alpha value is -3.87. The maximum Gasteiger partial charge on any atom is 0.461 e. The Kier molecular flexibility index (Phi) is 6.52. The van der Waals surface area contributed by atoms with Crippen molar-refractivity contribution in [1.29, 1.82) is 0 Å². The van der Waals surface area contributed by atoms with Crippen LogP contribution in [0, 0.1) is 0 Å². The molecule has 0 radical (unpaired) electrons. The number of halogens is 4. The molecule has 35 heavy (non-hydrogen) atoms. The number of nitrogens with zero attached hydrogens (tertiary/aromatic N) is 5. The fourth-order valence-electron chi connectivity index (χ4n) is 3.04. The fraction of sp³-hybridized carbons (Fsp3) is 0.182. The monoisotopic (exact) mass is 507 g/mol. The van der Waals surface area contributed by atoms with E-state index in [1.54, 1.807) is 24.4 Å². The van der Waals surface area contributed by atoms with E-state index >= 15 is 0 Å². The molecule has 4 aromatic rings. The van der Waals surface area contributed by atoms with Gasteiger partial charge in [-0.1, -0.05) is 13.0 Å². The van der Waals surface area contributed by atoms with E-state index in [-0.39, 0.29) is 22.2 Å². The maximum atomic E-state index is 13.1. The van der Waals surface area contributed by atoms with E-state index in [0.29, 0.717) is 16.9 Å². The number of benzene rings is 1. The van der Waals surface area contributed by atoms with Crippen LogP contribution in [0.5, 0.6) is 5.75 Å². The van der Waals surface area contributed by atoms with Crippen LogP contribution in [0.4, 0.5) is 17.6 Å². The first-order chi connectivity index (χ1) is 16.6. The smallest absolute Gasteiger partial charge is 0.428 e. The summed E-state index contributed by atoms with van der Waals surface area (Å²) in [6.45, 7) is 1.50. The van der Waals surface area contributed by atoms with E-state index in [4.69, 9.17) is 0 Å². The van der Waals surface area contributed by atoms with Gasteiger partial charge in [-0.05, 0) is 42.5 Å². The van der Waals surface area contributed by atoms with Crippen LogP contribution >= 0.6 is 0 Å². The van der Waals surface area contributed by atoms with Crippen molar-refractivity contribution >= 4 is 9.84 Å². The number of rotatable bonds is 8. The van der Waals surface area contributed by atoms with Crippen LogP contribution < -0.4 is 4.74 Å². The first-order valence-corrected chi connectivity index (χ1v) is 11.8. The van der Waals surface area contributed by atoms with Crippen LogP contribution in [0.1, 0.15) is 6.92 Å². The lowest BCUT2D eigenvalue weighted by Gasteiger charge is -2.16. The lowest BCUT2D eigenvalue weighted by molar-refractivity contribution is -0.253. The van der Waals surface area contributed by atoms with Crippen LogP contribution in [0.15, 0.2) is 72.1 Å². The minimum Gasteiger partial charge on any atom is -0.428 e. The first-order valence-electron chi connectivity index (χ1n) is 10.1. The summed E-state index contributed by atoms with van der Waals surface area (Å²) in [4.78, 5) is 12.6. The number of hydrogen-bond donors (Lipinski definition) is 0. The highest BCUT2D eigenvalue weighted by molar-refractivity contribution is 7.91. The molecule has 8 nitrogen and oxygen atoms in total. The zero-order valence-corrected chi connectivity index (χ0v) is 18.8. The van der Waals surface area contributed by atoms with Gasteiger partial charge in [0.1, 0.15) is 17.8 Å². The van der Waals surface area contributed by atoms with Gasteiger partial charge >= 0.3 is 12.5 Å². The number of hydrogen-bond acceptors (Lipinski definition) is 7. The number of pyridine rings is 2. The van der Waals surface area contributed by atoms with Crippen LogP contribution in [-0.2, 0) is 9.84 Å². The molecule has 0 atom stereocenters. The highest BCUT2D eigenvalue weighted by Gasteiger charge is 2.43. The molecule has 0 bridgehead atoms. The van der Waals surface area contributed by atoms with Gasteiger partial charge in [-0.3, -0.25) is 9.97 Å². The van der Waals surface area contributed by atoms with Gasteiger partial charge in [-0.2, -0.15) is 17.6 Å². The standard InChI is InChI=1S/C22H17F4N5O3S/c1-2-35(32,33)18-11-14(17-5-3-4-10-27-17)12-28-19(18)20-29-13-31(30-20)15-6-8-16(9-7-15)34-22(25,26)21(23)24/h3-13,21H,2H2,1H3. The Morgan fingerprint density at radius 2 is 1.80 bits per heavy atom. The van der Waals surface area contributed by atoms with Gasteiger partial charge in [0.2, 0.25) is 5.82 Å². The van der Waals surface area contributed by atoms with Gasteiger partial charge < -0.3 is 4.74 Å². The summed E-state index contributed by atoms with van der Waals surface area (Å²) in [6, 6.07) is 11.4. The Morgan fingerprint density at radius 1 is 1.06 bits per heavy atom. The molecule has 0 fully saturated rings. The first kappa shape index (κ1) is 24.3. The molecule has 0 saturated heterocycles. The van der Waals surface area contributed by atoms with E-state index in [1.165, 1.54) is 42.3 Å². The zero-order chi connectivity index (χ0) is 25.2. The molecule has 0 aliphatic heterocycles. The third kappa shape index (κ3) is 5.14. The molecule has 0 spiro atoms. The average Bonchev–Trinajstić information content (AvgIpc) is 3.34. The quantitative estimate of drug-likeness (QED) is 0.326. The Labute approximate surface area is 197 Å². The predicted molar refractivity (Wildman–Crippen MR) is 117 cm³/mol. The number of ether oxygens (including phenoxy) is 1. The van der Waals surface area contributed by atoms with E-state index in [1.807, 2.05) is 0 Å². The molecule has 1 aromatic carbocycles. The molecule has 4 rings (SSSR count). The Bertz CT molecular complexity index is 1430. The van der Waals surface area contributed by atoms with E-state index < -0.39 is 28.1 Å². The normalized spacial score (nSPS) is 12.2. The molecular formula is C22H17F4N5O3S. The third-order valence-corrected chi connectivity index (χ3v) is 6.58. The van der Waals surface area contributed by atoms with Crippen molar-refractivity contribution in [1.82, 2.24) is 24.7 Å². The second kappa shape index (κ2) is 9.41. The summed E-state index contributed by atoms with van der Waals surface area (Å²) in [7, 11) is -3.72. The van der Waals surface area contributed by atoms with Gasteiger partial charge in [0.25, 0.3) is 0 Å². The fourth-order valence-corrected chi connectivity index (χ4v) is 4.10. The van der Waals surface area contributed by atoms with Gasteiger partial charge in [-0.15, -0.1) is 5.10 Å². The van der Waals surface area contributed by atoms with Crippen LogP contribution in [0.2, 0.25) is 0 Å². The van der Waals surface area contributed by atoms with Crippen molar-refractivity contribution in [3.8, 4) is 34.2 Å². The summed E-state index contributed by atoms with van der Waals surface area (Å²) in [5.41, 5.74) is 1.40. The summed E-state index contributed by atoms with van der Waals surface area (Å²) >= 11 is 0. The molecule has 0 aliphatic carbocycles. The molecule has 3 aromatic heterocycles. The lowest BCUT2D eigenvalue weighted by Crippen LogP contribution is -2.33. The predicted octanol–water partition coefficient (Wildman–Crippen LogP) is 4.42. The molecule has 3 heterocycles. The molecule has 13 heteroatoms. The van der Waals surface area contributed by atoms with E-state index in [0.717, 1.165) is 12.1 Å². The van der Waals surface area contributed by atoms with Crippen molar-refractivity contribution in [2.75, 3.05) is 5.75 Å². The highest BCUT2D eigenvalue weighted by Crippen LogP contribution is 2.30. The van der Waals surface area contributed by atoms with Crippen LogP contribution in [-0.4, -0.2) is 51.4 Å². The van der Waals surface area contributed by atoms with Gasteiger partial charge in [0.05, 0.1) is 22.0 Å². The maximum absolute atomic E-state index is 13.1. The molecule has 0 saturated carbocycles. The third-order valence-electron chi connectivity index (χ3n) is 4.84. The van der Waals surface area contributed by atoms with Crippen molar-refractivity contribution in [3.05, 3.63) is 67.3 Å². The lowest BCUT2D eigenvalue weighted by atomic mass is 10.2. The Morgan fingerprint density at radius 3 is 2.43 bits per heavy atom. The summed E-state index contributed by atoms with van der Waals surface area (Å²) in [5.74, 6) is -0.643. The summed E-state index contributed by atoms with van der Waals surface area (Å²) in [5, 5.41) is 4.25. The van der Waals surface area contributed by atoms with Crippen molar-refractivity contribution < 1.29 is 30.7 Å². The minimum absolute atomic E-state index is 0.00848. The highest BCUT2D eigenvalue weighted by atomic mass is 32.2. The van der Waals surface area contributed by atoms with Crippen molar-refractivity contribution in [2.24, 2.45) is 0 Å². The molecular weight excluding hydrogens is 490 g/mol. The second-order valence-corrected chi connectivity index (χ2v) is 9.41. The summed E-state index contributed by atoms with van der Waals surface area (Å²) < 4.78 is 81.7. The molecule has 182 valence electrons. The second-order valence-electron chi connectivity index (χ2n) is 7.16. The van der Waals surface area contributed by atoms with Gasteiger partial charge in [-0.25, -0.2) is 18.1 Å². The topological polar surface area (TPSA) is 99.9 Å². The van der Waals surface area contributed by atoms with Gasteiger partial charge in [0, 0.05) is 18.0 Å². The molecule has 0 unspecified atom stereocenters. The largest absolute Gasteiger partial charge is 0.461 e. The number of alkyl halides is 4. The molecule has 0 N–H and O–H groups in total. The minimum atomic E-state index is -4.63. The SMILES string of the molecule is CCS(=O)(=O)c1cc(-c2ccccn2)cnc1-c1ncn(-c2ccc(OC(F)(F)C(F)F)cc2)n1. The van der Waals surface area contributed by atoms with Crippen molar-refractivity contribution in [2.45, 2.75) is 24.4 Å². The Balaban J connectivity index is 1.67. The van der Waals surface area contributed by atoms with Crippen molar-refractivity contribution in [3.63, 3.8) is 0 Å². The van der Waals surface area contributed by atoms with Gasteiger partial charge in [0.15, 0.2) is 9.84 Å². The summed E-state index contributed by atoms with van der Waals surface area (Å²) in [6.07, 6.45) is -4.30. The van der Waals surface area contributed by atoms with E-state index in [2.05, 4.69) is 24.8 Å². The number of sulfone groups is 1. The molecule has 0 amide bonds.